The number of ether oxygens (including phenoxy) is 2. The number of hydrogen-bond acceptors (Lipinski definition) is 4. The minimum Gasteiger partial charge on any atom is -0.486 e. The van der Waals surface area contributed by atoms with Crippen molar-refractivity contribution in [2.45, 2.75) is 13.2 Å². The highest BCUT2D eigenvalue weighted by molar-refractivity contribution is 6.30. The van der Waals surface area contributed by atoms with Gasteiger partial charge in [0.15, 0.2) is 0 Å². The van der Waals surface area contributed by atoms with Gasteiger partial charge in [-0.2, -0.15) is 0 Å². The number of esters is 1. The first kappa shape index (κ1) is 17.0. The van der Waals surface area contributed by atoms with E-state index in [9.17, 15) is 9.18 Å². The third-order valence-electron chi connectivity index (χ3n) is 3.37. The molecular weight excluding hydrogens is 347 g/mol. The smallest absolute Gasteiger partial charge is 0.374 e. The maximum absolute atomic E-state index is 13.5. The van der Waals surface area contributed by atoms with Gasteiger partial charge in [0.1, 0.15) is 30.5 Å². The van der Waals surface area contributed by atoms with E-state index in [1.165, 1.54) is 12.1 Å². The summed E-state index contributed by atoms with van der Waals surface area (Å²) in [5.41, 5.74) is 0.300. The van der Waals surface area contributed by atoms with Gasteiger partial charge < -0.3 is 13.9 Å². The third-order valence-corrected chi connectivity index (χ3v) is 3.63. The van der Waals surface area contributed by atoms with Crippen LogP contribution in [0.4, 0.5) is 4.39 Å². The molecule has 3 aromatic rings. The van der Waals surface area contributed by atoms with E-state index in [-0.39, 0.29) is 19.0 Å². The van der Waals surface area contributed by atoms with Crippen molar-refractivity contribution < 1.29 is 23.1 Å². The van der Waals surface area contributed by atoms with Gasteiger partial charge in [-0.1, -0.05) is 29.8 Å². The second-order valence-corrected chi connectivity index (χ2v) is 5.61. The number of halogens is 2. The third kappa shape index (κ3) is 4.61. The molecule has 6 heteroatoms. The van der Waals surface area contributed by atoms with Crippen molar-refractivity contribution in [3.05, 3.63) is 88.6 Å². The average molecular weight is 361 g/mol. The highest BCUT2D eigenvalue weighted by Crippen LogP contribution is 2.18. The van der Waals surface area contributed by atoms with Gasteiger partial charge in [0.05, 0.1) is 0 Å². The van der Waals surface area contributed by atoms with E-state index in [1.807, 2.05) is 0 Å². The molecule has 4 nitrogen and oxygen atoms in total. The van der Waals surface area contributed by atoms with Gasteiger partial charge in [-0.15, -0.1) is 0 Å². The summed E-state index contributed by atoms with van der Waals surface area (Å²) in [6.45, 7) is -0.00889. The molecule has 0 saturated heterocycles. The lowest BCUT2D eigenvalue weighted by atomic mass is 10.2. The summed E-state index contributed by atoms with van der Waals surface area (Å²) in [4.78, 5) is 12.0. The number of benzene rings is 2. The van der Waals surface area contributed by atoms with Crippen LogP contribution in [-0.2, 0) is 18.0 Å². The molecule has 25 heavy (non-hydrogen) atoms. The summed E-state index contributed by atoms with van der Waals surface area (Å²) < 4.78 is 29.5. The monoisotopic (exact) mass is 360 g/mol. The molecule has 0 radical (unpaired) electrons. The largest absolute Gasteiger partial charge is 0.486 e. The molecule has 3 rings (SSSR count). The predicted octanol–water partition coefficient (Wildman–Crippen LogP) is 5.01. The van der Waals surface area contributed by atoms with Gasteiger partial charge in [0.2, 0.25) is 5.76 Å². The van der Waals surface area contributed by atoms with Gasteiger partial charge >= 0.3 is 5.97 Å². The summed E-state index contributed by atoms with van der Waals surface area (Å²) in [5, 5.41) is 0.616. The Morgan fingerprint density at radius 3 is 2.52 bits per heavy atom. The Labute approximate surface area is 148 Å². The van der Waals surface area contributed by atoms with Crippen molar-refractivity contribution in [1.29, 1.82) is 0 Å². The van der Waals surface area contributed by atoms with Crippen LogP contribution in [-0.4, -0.2) is 5.97 Å². The Balaban J connectivity index is 1.54. The van der Waals surface area contributed by atoms with Gasteiger partial charge in [-0.05, 0) is 42.5 Å². The Morgan fingerprint density at radius 2 is 1.76 bits per heavy atom. The van der Waals surface area contributed by atoms with Crippen LogP contribution < -0.4 is 4.74 Å². The predicted molar refractivity (Wildman–Crippen MR) is 90.0 cm³/mol. The number of furan rings is 1. The topological polar surface area (TPSA) is 48.7 Å². The molecular formula is C19H14ClFO4. The van der Waals surface area contributed by atoms with Gasteiger partial charge in [-0.3, -0.25) is 0 Å². The first-order valence-corrected chi connectivity index (χ1v) is 7.87. The summed E-state index contributed by atoms with van der Waals surface area (Å²) in [7, 11) is 0. The van der Waals surface area contributed by atoms with E-state index >= 15 is 0 Å². The van der Waals surface area contributed by atoms with E-state index < -0.39 is 11.8 Å². The zero-order chi connectivity index (χ0) is 17.6. The number of hydrogen-bond donors (Lipinski definition) is 0. The van der Waals surface area contributed by atoms with Crippen LogP contribution >= 0.6 is 11.6 Å². The number of rotatable bonds is 6. The maximum Gasteiger partial charge on any atom is 0.374 e. The standard InChI is InChI=1S/C19H14ClFO4/c20-14-5-7-15(8-6-14)23-12-16-9-10-18(25-16)19(22)24-11-13-3-1-2-4-17(13)21/h1-10H,11-12H2. The quantitative estimate of drug-likeness (QED) is 0.580. The summed E-state index contributed by atoms with van der Waals surface area (Å²) in [6.07, 6.45) is 0. The molecule has 2 aromatic carbocycles. The van der Waals surface area contributed by atoms with Crippen molar-refractivity contribution in [1.82, 2.24) is 0 Å². The molecule has 1 heterocycles. The summed E-state index contributed by atoms with van der Waals surface area (Å²) >= 11 is 5.80. The molecule has 0 fully saturated rings. The van der Waals surface area contributed by atoms with Crippen molar-refractivity contribution in [2.24, 2.45) is 0 Å². The molecule has 0 atom stereocenters. The molecule has 0 spiro atoms. The van der Waals surface area contributed by atoms with Crippen molar-refractivity contribution >= 4 is 17.6 Å². The number of carbonyl (C=O) groups is 1. The van der Waals surface area contributed by atoms with E-state index in [0.29, 0.717) is 22.1 Å². The molecule has 0 aliphatic carbocycles. The van der Waals surface area contributed by atoms with E-state index in [2.05, 4.69) is 0 Å². The van der Waals surface area contributed by atoms with Gasteiger partial charge in [0.25, 0.3) is 0 Å². The molecule has 0 aliphatic rings. The van der Waals surface area contributed by atoms with E-state index in [1.54, 1.807) is 48.5 Å². The first-order valence-electron chi connectivity index (χ1n) is 7.49. The first-order chi connectivity index (χ1) is 12.1. The van der Waals surface area contributed by atoms with Crippen LogP contribution in [0.5, 0.6) is 5.75 Å². The molecule has 0 bridgehead atoms. The normalized spacial score (nSPS) is 10.5. The van der Waals surface area contributed by atoms with Gasteiger partial charge in [0, 0.05) is 10.6 Å². The van der Waals surface area contributed by atoms with E-state index in [4.69, 9.17) is 25.5 Å². The minimum absolute atomic E-state index is 0.0334. The van der Waals surface area contributed by atoms with E-state index in [0.717, 1.165) is 0 Å². The highest BCUT2D eigenvalue weighted by atomic mass is 35.5. The molecule has 0 aliphatic heterocycles. The van der Waals surface area contributed by atoms with Gasteiger partial charge in [-0.25, -0.2) is 9.18 Å². The van der Waals surface area contributed by atoms with Crippen molar-refractivity contribution in [3.8, 4) is 5.75 Å². The maximum atomic E-state index is 13.5. The second-order valence-electron chi connectivity index (χ2n) is 5.18. The molecule has 0 amide bonds. The fourth-order valence-electron chi connectivity index (χ4n) is 2.08. The highest BCUT2D eigenvalue weighted by Gasteiger charge is 2.14. The Hall–Kier alpha value is -2.79. The van der Waals surface area contributed by atoms with Crippen LogP contribution in [0.25, 0.3) is 0 Å². The molecule has 1 aromatic heterocycles. The van der Waals surface area contributed by atoms with Crippen LogP contribution in [0.2, 0.25) is 5.02 Å². The zero-order valence-corrected chi connectivity index (χ0v) is 13.8. The molecule has 0 N–H and O–H groups in total. The molecule has 0 unspecified atom stereocenters. The van der Waals surface area contributed by atoms with Crippen LogP contribution in [0, 0.1) is 5.82 Å². The lowest BCUT2D eigenvalue weighted by Gasteiger charge is -2.05. The average Bonchev–Trinajstić information content (AvgIpc) is 3.09. The lowest BCUT2D eigenvalue weighted by molar-refractivity contribution is 0.0428. The Bertz CT molecular complexity index is 858. The molecule has 128 valence electrons. The number of carbonyl (C=O) groups excluding carboxylic acids is 1. The molecule has 0 saturated carbocycles. The second kappa shape index (κ2) is 7.85. The summed E-state index contributed by atoms with van der Waals surface area (Å²) in [5.74, 6) is 0.0381. The zero-order valence-electron chi connectivity index (χ0n) is 13.1. The van der Waals surface area contributed by atoms with Crippen LogP contribution in [0.15, 0.2) is 65.1 Å². The lowest BCUT2D eigenvalue weighted by Crippen LogP contribution is -2.05. The Morgan fingerprint density at radius 1 is 1.00 bits per heavy atom. The van der Waals surface area contributed by atoms with Crippen molar-refractivity contribution in [2.75, 3.05) is 0 Å². The SMILES string of the molecule is O=C(OCc1ccccc1F)c1ccc(COc2ccc(Cl)cc2)o1. The minimum atomic E-state index is -0.666. The fraction of sp³-hybridized carbons (Fsp3) is 0.105. The van der Waals surface area contributed by atoms with Crippen molar-refractivity contribution in [3.63, 3.8) is 0 Å². The van der Waals surface area contributed by atoms with Crippen LogP contribution in [0.1, 0.15) is 21.9 Å². The van der Waals surface area contributed by atoms with Crippen LogP contribution in [0.3, 0.4) is 0 Å². The fourth-order valence-corrected chi connectivity index (χ4v) is 2.21. The Kier molecular flexibility index (Phi) is 5.36. The summed E-state index contributed by atoms with van der Waals surface area (Å²) in [6, 6.07) is 16.1.